The van der Waals surface area contributed by atoms with Gasteiger partial charge in [-0.2, -0.15) is 0 Å². The van der Waals surface area contributed by atoms with Crippen LogP contribution in [0.5, 0.6) is 11.5 Å². The van der Waals surface area contributed by atoms with Crippen LogP contribution in [0.3, 0.4) is 0 Å². The standard InChI is InChI=1S/C19H19Cl3O4S/c1-24-11-13(23)12-26-14-3-5-15(6-4-14)27-16-9-17(21)19(18(22)10-16)25-8-2-7-20/h2-7,9-10,13,23H,8,11-12H2,1H3/b7-2+. The Bertz CT molecular complexity index is 730. The van der Waals surface area contributed by atoms with Crippen LogP contribution in [0.1, 0.15) is 0 Å². The van der Waals surface area contributed by atoms with Gasteiger partial charge in [0.25, 0.3) is 0 Å². The van der Waals surface area contributed by atoms with Gasteiger partial charge in [-0.1, -0.05) is 46.6 Å². The largest absolute Gasteiger partial charge is 0.491 e. The first-order valence-corrected chi connectivity index (χ1v) is 9.99. The summed E-state index contributed by atoms with van der Waals surface area (Å²) in [7, 11) is 1.53. The molecule has 1 unspecified atom stereocenters. The molecule has 0 aliphatic carbocycles. The summed E-state index contributed by atoms with van der Waals surface area (Å²) < 4.78 is 15.9. The van der Waals surface area contributed by atoms with Crippen LogP contribution in [-0.2, 0) is 4.74 Å². The van der Waals surface area contributed by atoms with Crippen molar-refractivity contribution in [3.05, 3.63) is 58.1 Å². The Kier molecular flexibility index (Phi) is 9.62. The van der Waals surface area contributed by atoms with E-state index in [4.69, 9.17) is 49.0 Å². The average molecular weight is 450 g/mol. The second-order valence-corrected chi connectivity index (χ2v) is 7.60. The van der Waals surface area contributed by atoms with Gasteiger partial charge < -0.3 is 19.3 Å². The number of hydrogen-bond donors (Lipinski definition) is 1. The quantitative estimate of drug-likeness (QED) is 0.507. The van der Waals surface area contributed by atoms with E-state index in [0.29, 0.717) is 21.5 Å². The predicted molar refractivity (Wildman–Crippen MR) is 111 cm³/mol. The molecule has 0 saturated heterocycles. The molecule has 0 spiro atoms. The number of benzene rings is 2. The van der Waals surface area contributed by atoms with E-state index in [2.05, 4.69) is 0 Å². The Morgan fingerprint density at radius 3 is 2.30 bits per heavy atom. The van der Waals surface area contributed by atoms with Gasteiger partial charge in [0.15, 0.2) is 5.75 Å². The fourth-order valence-corrected chi connectivity index (χ4v) is 3.77. The van der Waals surface area contributed by atoms with Crippen molar-refractivity contribution >= 4 is 46.6 Å². The zero-order chi connectivity index (χ0) is 19.6. The lowest BCUT2D eigenvalue weighted by atomic mass is 10.3. The molecule has 27 heavy (non-hydrogen) atoms. The molecule has 0 aliphatic heterocycles. The maximum absolute atomic E-state index is 9.60. The zero-order valence-electron chi connectivity index (χ0n) is 14.5. The topological polar surface area (TPSA) is 47.9 Å². The van der Waals surface area contributed by atoms with Crippen molar-refractivity contribution in [3.8, 4) is 11.5 Å². The van der Waals surface area contributed by atoms with Crippen LogP contribution in [0.4, 0.5) is 0 Å². The van der Waals surface area contributed by atoms with E-state index in [0.717, 1.165) is 9.79 Å². The Balaban J connectivity index is 1.98. The highest BCUT2D eigenvalue weighted by molar-refractivity contribution is 7.99. The molecule has 0 bridgehead atoms. The maximum atomic E-state index is 9.60. The molecule has 4 nitrogen and oxygen atoms in total. The van der Waals surface area contributed by atoms with Crippen LogP contribution in [0.15, 0.2) is 57.8 Å². The number of methoxy groups -OCH3 is 1. The molecule has 1 atom stereocenters. The van der Waals surface area contributed by atoms with Gasteiger partial charge in [-0.3, -0.25) is 0 Å². The van der Waals surface area contributed by atoms with Crippen LogP contribution in [0.25, 0.3) is 0 Å². The van der Waals surface area contributed by atoms with Crippen LogP contribution in [0, 0.1) is 0 Å². The fourth-order valence-electron chi connectivity index (χ4n) is 2.07. The first-order chi connectivity index (χ1) is 13.0. The molecule has 146 valence electrons. The lowest BCUT2D eigenvalue weighted by Gasteiger charge is -2.12. The third-order valence-electron chi connectivity index (χ3n) is 3.25. The summed E-state index contributed by atoms with van der Waals surface area (Å²) in [6, 6.07) is 11.1. The highest BCUT2D eigenvalue weighted by Crippen LogP contribution is 2.39. The highest BCUT2D eigenvalue weighted by atomic mass is 35.5. The molecule has 2 aromatic rings. The van der Waals surface area contributed by atoms with E-state index >= 15 is 0 Å². The van der Waals surface area contributed by atoms with E-state index in [1.807, 2.05) is 24.3 Å². The molecule has 1 N–H and O–H groups in total. The van der Waals surface area contributed by atoms with Crippen molar-refractivity contribution in [2.24, 2.45) is 0 Å². The number of rotatable bonds is 10. The third-order valence-corrected chi connectivity index (χ3v) is 4.96. The Labute approximate surface area is 178 Å². The zero-order valence-corrected chi connectivity index (χ0v) is 17.6. The summed E-state index contributed by atoms with van der Waals surface area (Å²) in [5.74, 6) is 1.09. The van der Waals surface area contributed by atoms with Crippen LogP contribution >= 0.6 is 46.6 Å². The summed E-state index contributed by atoms with van der Waals surface area (Å²) in [4.78, 5) is 1.88. The van der Waals surface area contributed by atoms with Gasteiger partial charge in [0.1, 0.15) is 25.1 Å². The van der Waals surface area contributed by atoms with E-state index < -0.39 is 6.10 Å². The normalized spacial score (nSPS) is 12.3. The van der Waals surface area contributed by atoms with E-state index in [-0.39, 0.29) is 19.8 Å². The monoisotopic (exact) mass is 448 g/mol. The number of hydrogen-bond acceptors (Lipinski definition) is 5. The lowest BCUT2D eigenvalue weighted by Crippen LogP contribution is -2.22. The van der Waals surface area contributed by atoms with Gasteiger partial charge in [0, 0.05) is 22.4 Å². The van der Waals surface area contributed by atoms with E-state index in [1.54, 1.807) is 18.2 Å². The molecular formula is C19H19Cl3O4S. The smallest absolute Gasteiger partial charge is 0.157 e. The highest BCUT2D eigenvalue weighted by Gasteiger charge is 2.11. The molecule has 0 heterocycles. The molecule has 2 aromatic carbocycles. The number of ether oxygens (including phenoxy) is 3. The van der Waals surface area contributed by atoms with Crippen LogP contribution in [0.2, 0.25) is 10.0 Å². The summed E-state index contributed by atoms with van der Waals surface area (Å²) in [5, 5.41) is 10.5. The van der Waals surface area contributed by atoms with Crippen LogP contribution < -0.4 is 9.47 Å². The second-order valence-electron chi connectivity index (χ2n) is 5.38. The summed E-state index contributed by atoms with van der Waals surface area (Å²) in [6.45, 7) is 0.694. The number of halogens is 3. The minimum atomic E-state index is -0.658. The van der Waals surface area contributed by atoms with Crippen molar-refractivity contribution in [3.63, 3.8) is 0 Å². The summed E-state index contributed by atoms with van der Waals surface area (Å²) in [5.41, 5.74) is 1.37. The second kappa shape index (κ2) is 11.7. The molecule has 0 amide bonds. The molecule has 0 saturated carbocycles. The van der Waals surface area contributed by atoms with Gasteiger partial charge in [-0.15, -0.1) is 0 Å². The molecule has 2 rings (SSSR count). The molecular weight excluding hydrogens is 431 g/mol. The average Bonchev–Trinajstić information content (AvgIpc) is 2.64. The van der Waals surface area contributed by atoms with Gasteiger partial charge in [0.05, 0.1) is 16.7 Å². The number of aliphatic hydroxyl groups excluding tert-OH is 1. The first-order valence-electron chi connectivity index (χ1n) is 7.98. The van der Waals surface area contributed by atoms with Crippen molar-refractivity contribution in [2.75, 3.05) is 26.9 Å². The van der Waals surface area contributed by atoms with Gasteiger partial charge in [0.2, 0.25) is 0 Å². The number of aliphatic hydroxyl groups is 1. The first kappa shape index (κ1) is 22.2. The van der Waals surface area contributed by atoms with Crippen LogP contribution in [-0.4, -0.2) is 38.1 Å². The summed E-state index contributed by atoms with van der Waals surface area (Å²) >= 11 is 19.5. The Hall–Kier alpha value is -1.08. The van der Waals surface area contributed by atoms with Crippen molar-refractivity contribution < 1.29 is 19.3 Å². The summed E-state index contributed by atoms with van der Waals surface area (Å²) in [6.07, 6.45) is 0.989. The van der Waals surface area contributed by atoms with Gasteiger partial charge in [-0.05, 0) is 42.5 Å². The van der Waals surface area contributed by atoms with E-state index in [1.165, 1.54) is 24.4 Å². The Morgan fingerprint density at radius 2 is 1.70 bits per heavy atom. The van der Waals surface area contributed by atoms with Crippen molar-refractivity contribution in [1.82, 2.24) is 0 Å². The third kappa shape index (κ3) is 7.45. The lowest BCUT2D eigenvalue weighted by molar-refractivity contribution is 0.0325. The molecule has 8 heteroatoms. The molecule has 0 aromatic heterocycles. The van der Waals surface area contributed by atoms with E-state index in [9.17, 15) is 5.11 Å². The van der Waals surface area contributed by atoms with Crippen molar-refractivity contribution in [2.45, 2.75) is 15.9 Å². The minimum Gasteiger partial charge on any atom is -0.491 e. The fraction of sp³-hybridized carbons (Fsp3) is 0.263. The molecule has 0 radical (unpaired) electrons. The maximum Gasteiger partial charge on any atom is 0.157 e. The van der Waals surface area contributed by atoms with Gasteiger partial charge in [-0.25, -0.2) is 0 Å². The van der Waals surface area contributed by atoms with Gasteiger partial charge >= 0.3 is 0 Å². The Morgan fingerprint density at radius 1 is 1.04 bits per heavy atom. The molecule has 0 aliphatic rings. The molecule has 0 fully saturated rings. The minimum absolute atomic E-state index is 0.173. The predicted octanol–water partition coefficient (Wildman–Crippen LogP) is 5.66. The van der Waals surface area contributed by atoms with Crippen molar-refractivity contribution in [1.29, 1.82) is 0 Å². The SMILES string of the molecule is COCC(O)COc1ccc(Sc2cc(Cl)c(OC/C=C/Cl)c(Cl)c2)cc1.